The molecule has 7 heteroatoms. The third-order valence-corrected chi connectivity index (χ3v) is 4.24. The third kappa shape index (κ3) is 2.81. The van der Waals surface area contributed by atoms with Gasteiger partial charge in [-0.2, -0.15) is 0 Å². The fourth-order valence-corrected chi connectivity index (χ4v) is 3.02. The van der Waals surface area contributed by atoms with Gasteiger partial charge in [-0.15, -0.1) is 0 Å². The van der Waals surface area contributed by atoms with Gasteiger partial charge in [0.25, 0.3) is 5.22 Å². The molecule has 24 heavy (non-hydrogen) atoms. The average molecular weight is 341 g/mol. The number of hydrogen-bond donors (Lipinski definition) is 1. The second kappa shape index (κ2) is 5.93. The molecule has 0 unspecified atom stereocenters. The number of carbonyl (C=O) groups is 1. The predicted octanol–water partition coefficient (Wildman–Crippen LogP) is 3.77. The molecule has 6 nitrogen and oxygen atoms in total. The summed E-state index contributed by atoms with van der Waals surface area (Å²) < 4.78 is 16.1. The predicted molar refractivity (Wildman–Crippen MR) is 88.0 cm³/mol. The highest BCUT2D eigenvalue weighted by Gasteiger charge is 2.17. The van der Waals surface area contributed by atoms with Crippen molar-refractivity contribution in [3.05, 3.63) is 52.9 Å². The molecule has 0 fully saturated rings. The quantitative estimate of drug-likeness (QED) is 0.571. The molecular formula is C17H11NO5S. The lowest BCUT2D eigenvalue weighted by molar-refractivity contribution is -0.131. The van der Waals surface area contributed by atoms with Gasteiger partial charge >= 0.3 is 5.97 Å². The maximum absolute atomic E-state index is 11.5. The zero-order chi connectivity index (χ0) is 16.5. The Morgan fingerprint density at radius 2 is 2.00 bits per heavy atom. The molecule has 1 N–H and O–H groups in total. The number of rotatable bonds is 4. The third-order valence-electron chi connectivity index (χ3n) is 3.38. The van der Waals surface area contributed by atoms with Crippen molar-refractivity contribution in [2.24, 2.45) is 0 Å². The van der Waals surface area contributed by atoms with Gasteiger partial charge in [-0.1, -0.05) is 18.2 Å². The van der Waals surface area contributed by atoms with Crippen LogP contribution in [0.1, 0.15) is 5.56 Å². The number of para-hydroxylation sites is 2. The molecule has 1 aromatic heterocycles. The Labute approximate surface area is 140 Å². The molecule has 0 bridgehead atoms. The summed E-state index contributed by atoms with van der Waals surface area (Å²) in [6.07, 6.45) is 1.55. The summed E-state index contributed by atoms with van der Waals surface area (Å²) in [7, 11) is 0. The van der Waals surface area contributed by atoms with E-state index in [0.717, 1.165) is 11.8 Å². The fourth-order valence-electron chi connectivity index (χ4n) is 2.28. The standard InChI is InChI=1S/C17H11NO5S/c19-16(20)15(8-10-5-6-13-14(7-10)22-9-21-13)24-17-18-11-3-1-2-4-12(11)23-17/h1-8H,9H2,(H,19,20)/b15-8-. The number of carboxylic acids is 1. The van der Waals surface area contributed by atoms with Crippen molar-refractivity contribution in [2.75, 3.05) is 6.79 Å². The summed E-state index contributed by atoms with van der Waals surface area (Å²) >= 11 is 0.962. The number of benzene rings is 2. The highest BCUT2D eigenvalue weighted by Crippen LogP contribution is 2.35. The number of ether oxygens (including phenoxy) is 2. The van der Waals surface area contributed by atoms with Crippen LogP contribution in [0.4, 0.5) is 0 Å². The average Bonchev–Trinajstić information content (AvgIpc) is 3.19. The van der Waals surface area contributed by atoms with Crippen molar-refractivity contribution in [1.29, 1.82) is 0 Å². The Hall–Kier alpha value is -2.93. The molecule has 0 aliphatic carbocycles. The summed E-state index contributed by atoms with van der Waals surface area (Å²) in [6, 6.07) is 12.5. The number of thioether (sulfide) groups is 1. The Kier molecular flexibility index (Phi) is 3.62. The van der Waals surface area contributed by atoms with E-state index in [1.807, 2.05) is 18.2 Å². The number of carboxylic acid groups (broad SMARTS) is 1. The van der Waals surface area contributed by atoms with Crippen LogP contribution in [0.2, 0.25) is 0 Å². The van der Waals surface area contributed by atoms with E-state index < -0.39 is 5.97 Å². The topological polar surface area (TPSA) is 81.8 Å². The van der Waals surface area contributed by atoms with Crippen LogP contribution in [-0.2, 0) is 4.79 Å². The van der Waals surface area contributed by atoms with Crippen molar-refractivity contribution in [2.45, 2.75) is 5.22 Å². The largest absolute Gasteiger partial charge is 0.477 e. The van der Waals surface area contributed by atoms with Gasteiger partial charge in [-0.05, 0) is 47.7 Å². The Morgan fingerprint density at radius 3 is 2.83 bits per heavy atom. The first-order valence-electron chi connectivity index (χ1n) is 7.07. The van der Waals surface area contributed by atoms with Crippen molar-refractivity contribution < 1.29 is 23.8 Å². The first kappa shape index (κ1) is 14.6. The molecule has 0 amide bonds. The fraction of sp³-hybridized carbons (Fsp3) is 0.0588. The smallest absolute Gasteiger partial charge is 0.342 e. The van der Waals surface area contributed by atoms with E-state index in [4.69, 9.17) is 13.9 Å². The van der Waals surface area contributed by atoms with Crippen molar-refractivity contribution in [1.82, 2.24) is 4.98 Å². The molecule has 1 aliphatic heterocycles. The van der Waals surface area contributed by atoms with E-state index in [1.165, 1.54) is 0 Å². The van der Waals surface area contributed by atoms with Crippen LogP contribution in [0.5, 0.6) is 11.5 Å². The van der Waals surface area contributed by atoms with Gasteiger partial charge in [-0.25, -0.2) is 9.78 Å². The van der Waals surface area contributed by atoms with Gasteiger partial charge in [0.05, 0.1) is 0 Å². The monoisotopic (exact) mass is 341 g/mol. The zero-order valence-corrected chi connectivity index (χ0v) is 13.1. The van der Waals surface area contributed by atoms with Gasteiger partial charge in [0.1, 0.15) is 10.4 Å². The Morgan fingerprint density at radius 1 is 1.17 bits per heavy atom. The summed E-state index contributed by atoms with van der Waals surface area (Å²) in [5, 5.41) is 9.73. The molecule has 1 aliphatic rings. The van der Waals surface area contributed by atoms with Gasteiger partial charge in [0.15, 0.2) is 17.1 Å². The maximum atomic E-state index is 11.5. The van der Waals surface area contributed by atoms with Crippen molar-refractivity contribution in [3.63, 3.8) is 0 Å². The first-order chi connectivity index (χ1) is 11.7. The summed E-state index contributed by atoms with van der Waals surface area (Å²) in [4.78, 5) is 15.9. The van der Waals surface area contributed by atoms with Crippen LogP contribution >= 0.6 is 11.8 Å². The number of fused-ring (bicyclic) bond motifs is 2. The molecule has 0 atom stereocenters. The summed E-state index contributed by atoms with van der Waals surface area (Å²) in [5.41, 5.74) is 2.00. The molecule has 2 heterocycles. The number of aromatic nitrogens is 1. The van der Waals surface area contributed by atoms with Crippen LogP contribution in [0.25, 0.3) is 17.2 Å². The minimum Gasteiger partial charge on any atom is -0.477 e. The highest BCUT2D eigenvalue weighted by atomic mass is 32.2. The highest BCUT2D eigenvalue weighted by molar-refractivity contribution is 8.03. The number of nitrogens with zero attached hydrogens (tertiary/aromatic N) is 1. The van der Waals surface area contributed by atoms with Crippen LogP contribution in [-0.4, -0.2) is 22.9 Å². The lowest BCUT2D eigenvalue weighted by Gasteiger charge is -2.01. The minimum absolute atomic E-state index is 0.0976. The maximum Gasteiger partial charge on any atom is 0.342 e. The van der Waals surface area contributed by atoms with Crippen LogP contribution in [0.15, 0.2) is 57.0 Å². The molecule has 0 saturated carbocycles. The zero-order valence-electron chi connectivity index (χ0n) is 12.3. The van der Waals surface area contributed by atoms with E-state index >= 15 is 0 Å². The molecule has 120 valence electrons. The second-order valence-electron chi connectivity index (χ2n) is 4.98. The van der Waals surface area contributed by atoms with E-state index in [-0.39, 0.29) is 16.9 Å². The van der Waals surface area contributed by atoms with Crippen LogP contribution in [0, 0.1) is 0 Å². The van der Waals surface area contributed by atoms with Crippen LogP contribution < -0.4 is 9.47 Å². The lowest BCUT2D eigenvalue weighted by atomic mass is 10.2. The second-order valence-corrected chi connectivity index (χ2v) is 5.97. The molecule has 0 radical (unpaired) electrons. The summed E-state index contributed by atoms with van der Waals surface area (Å²) in [5.74, 6) is 0.191. The van der Waals surface area contributed by atoms with Crippen molar-refractivity contribution >= 4 is 34.9 Å². The molecule has 0 saturated heterocycles. The molecule has 2 aromatic carbocycles. The van der Waals surface area contributed by atoms with Gasteiger partial charge in [-0.3, -0.25) is 0 Å². The van der Waals surface area contributed by atoms with Crippen molar-refractivity contribution in [3.8, 4) is 11.5 Å². The minimum atomic E-state index is -1.06. The Balaban J connectivity index is 1.65. The van der Waals surface area contributed by atoms with Gasteiger partial charge in [0.2, 0.25) is 6.79 Å². The summed E-state index contributed by atoms with van der Waals surface area (Å²) in [6.45, 7) is 0.173. The van der Waals surface area contributed by atoms with E-state index in [2.05, 4.69) is 4.98 Å². The molecule has 3 aromatic rings. The SMILES string of the molecule is O=C(O)/C(=C/c1ccc2c(c1)OCO2)Sc1nc2ccccc2o1. The first-order valence-corrected chi connectivity index (χ1v) is 7.89. The Bertz CT molecular complexity index is 930. The normalized spacial score (nSPS) is 13.4. The van der Waals surface area contributed by atoms with E-state index in [9.17, 15) is 9.90 Å². The molecule has 4 rings (SSSR count). The lowest BCUT2D eigenvalue weighted by Crippen LogP contribution is -1.96. The number of oxazole rings is 1. The van der Waals surface area contributed by atoms with E-state index in [0.29, 0.717) is 28.2 Å². The molecule has 0 spiro atoms. The van der Waals surface area contributed by atoms with Gasteiger partial charge < -0.3 is 19.0 Å². The number of aliphatic carboxylic acids is 1. The molecular weight excluding hydrogens is 330 g/mol. The van der Waals surface area contributed by atoms with Gasteiger partial charge in [0, 0.05) is 0 Å². The van der Waals surface area contributed by atoms with Crippen LogP contribution in [0.3, 0.4) is 0 Å². The number of hydrogen-bond acceptors (Lipinski definition) is 6. The van der Waals surface area contributed by atoms with E-state index in [1.54, 1.807) is 30.3 Å².